The number of benzene rings is 1. The van der Waals surface area contributed by atoms with Crippen LogP contribution >= 0.6 is 0 Å². The molecule has 0 heterocycles. The fourth-order valence-corrected chi connectivity index (χ4v) is 1.90. The van der Waals surface area contributed by atoms with Crippen molar-refractivity contribution in [1.29, 1.82) is 0 Å². The smallest absolute Gasteiger partial charge is 0.300 e. The molecule has 17 heavy (non-hydrogen) atoms. The molecular formula is C11H13NO4S. The minimum Gasteiger partial charge on any atom is -0.300 e. The first-order valence-corrected chi connectivity index (χ1v) is 6.34. The largest absolute Gasteiger partial charge is 0.358 e. The quantitative estimate of drug-likeness (QED) is 0.592. The van der Waals surface area contributed by atoms with E-state index in [1.165, 1.54) is 19.1 Å². The van der Waals surface area contributed by atoms with E-state index in [1.807, 2.05) is 0 Å². The summed E-state index contributed by atoms with van der Waals surface area (Å²) >= 11 is 0. The zero-order valence-electron chi connectivity index (χ0n) is 9.58. The van der Waals surface area contributed by atoms with Crippen molar-refractivity contribution in [1.82, 2.24) is 0 Å². The molecule has 0 aliphatic carbocycles. The fraction of sp³-hybridized carbons (Fsp3) is 0.273. The van der Waals surface area contributed by atoms with Gasteiger partial charge in [-0.25, -0.2) is 0 Å². The van der Waals surface area contributed by atoms with Gasteiger partial charge in [0.15, 0.2) is 0 Å². The summed E-state index contributed by atoms with van der Waals surface area (Å²) in [6.07, 6.45) is 1.17. The molecule has 0 radical (unpaired) electrons. The number of carbonyl (C=O) groups excluding carboxylic acids is 1. The first kappa shape index (κ1) is 13.4. The topological polar surface area (TPSA) is 72.8 Å². The number of hydrogen-bond acceptors (Lipinski definition) is 5. The van der Waals surface area contributed by atoms with Crippen LogP contribution in [0, 0.1) is 6.92 Å². The van der Waals surface area contributed by atoms with E-state index in [9.17, 15) is 13.2 Å². The van der Waals surface area contributed by atoms with Gasteiger partial charge in [-0.05, 0) is 31.5 Å². The molecule has 0 saturated carbocycles. The Morgan fingerprint density at radius 3 is 2.76 bits per heavy atom. The lowest BCUT2D eigenvalue weighted by Gasteiger charge is -2.01. The van der Waals surface area contributed by atoms with Crippen molar-refractivity contribution in [3.05, 3.63) is 29.8 Å². The number of ketones is 1. The normalized spacial score (nSPS) is 11.6. The lowest BCUT2D eigenvalue weighted by molar-refractivity contribution is -0.115. The Balaban J connectivity index is 2.76. The number of oxime groups is 1. The van der Waals surface area contributed by atoms with Gasteiger partial charge in [-0.15, -0.1) is 0 Å². The number of carbonyl (C=O) groups is 1. The van der Waals surface area contributed by atoms with Crippen molar-refractivity contribution < 1.29 is 17.5 Å². The van der Waals surface area contributed by atoms with Crippen molar-refractivity contribution in [2.45, 2.75) is 25.2 Å². The lowest BCUT2D eigenvalue weighted by atomic mass is 10.2. The average Bonchev–Trinajstić information content (AvgIpc) is 2.24. The third-order valence-corrected chi connectivity index (χ3v) is 2.99. The van der Waals surface area contributed by atoms with Crippen LogP contribution in [0.3, 0.4) is 0 Å². The Hall–Kier alpha value is -1.69. The molecule has 0 aliphatic rings. The van der Waals surface area contributed by atoms with Crippen molar-refractivity contribution >= 4 is 22.1 Å². The standard InChI is InChI=1S/C11H13NO4S/c1-9-4-3-5-11(8-9)17(14,15)16-12-7-6-10(2)13/h3-5,7-8H,6H2,1-2H3. The number of Topliss-reactive ketones (excluding diaryl/α,β-unsaturated/α-hetero) is 1. The summed E-state index contributed by atoms with van der Waals surface area (Å²) in [4.78, 5) is 10.6. The van der Waals surface area contributed by atoms with Crippen molar-refractivity contribution in [3.63, 3.8) is 0 Å². The molecule has 0 atom stereocenters. The van der Waals surface area contributed by atoms with Gasteiger partial charge in [0.25, 0.3) is 0 Å². The maximum atomic E-state index is 11.6. The van der Waals surface area contributed by atoms with E-state index in [1.54, 1.807) is 19.1 Å². The zero-order chi connectivity index (χ0) is 12.9. The van der Waals surface area contributed by atoms with Crippen LogP contribution in [-0.4, -0.2) is 20.4 Å². The van der Waals surface area contributed by atoms with E-state index >= 15 is 0 Å². The van der Waals surface area contributed by atoms with Crippen molar-refractivity contribution in [2.24, 2.45) is 5.16 Å². The Kier molecular flexibility index (Phi) is 4.39. The van der Waals surface area contributed by atoms with Gasteiger partial charge in [0.05, 0.1) is 6.21 Å². The third kappa shape index (κ3) is 4.36. The van der Waals surface area contributed by atoms with Crippen LogP contribution in [0.25, 0.3) is 0 Å². The van der Waals surface area contributed by atoms with Gasteiger partial charge in [-0.3, -0.25) is 9.08 Å². The molecule has 0 aliphatic heterocycles. The number of nitrogens with zero attached hydrogens (tertiary/aromatic N) is 1. The van der Waals surface area contributed by atoms with Crippen LogP contribution in [0.5, 0.6) is 0 Å². The molecule has 0 amide bonds. The summed E-state index contributed by atoms with van der Waals surface area (Å²) in [5.74, 6) is -0.120. The second kappa shape index (κ2) is 5.58. The van der Waals surface area contributed by atoms with Crippen LogP contribution in [0.4, 0.5) is 0 Å². The van der Waals surface area contributed by atoms with E-state index < -0.39 is 10.1 Å². The van der Waals surface area contributed by atoms with Crippen LogP contribution in [0.15, 0.2) is 34.3 Å². The van der Waals surface area contributed by atoms with Crippen LogP contribution in [0.2, 0.25) is 0 Å². The van der Waals surface area contributed by atoms with Gasteiger partial charge < -0.3 is 0 Å². The Morgan fingerprint density at radius 2 is 2.18 bits per heavy atom. The Labute approximate surface area is 100 Å². The van der Waals surface area contributed by atoms with Gasteiger partial charge in [0.2, 0.25) is 0 Å². The van der Waals surface area contributed by atoms with Gasteiger partial charge in [-0.1, -0.05) is 17.3 Å². The molecule has 0 bridgehead atoms. The second-order valence-corrected chi connectivity index (χ2v) is 5.07. The Morgan fingerprint density at radius 1 is 1.47 bits per heavy atom. The first-order valence-electron chi connectivity index (χ1n) is 4.93. The molecule has 1 rings (SSSR count). The monoisotopic (exact) mass is 255 g/mol. The minimum absolute atomic E-state index is 0.0393. The van der Waals surface area contributed by atoms with Gasteiger partial charge >= 0.3 is 10.1 Å². The molecule has 0 aromatic heterocycles. The second-order valence-electron chi connectivity index (χ2n) is 3.54. The molecule has 0 saturated heterocycles. The highest BCUT2D eigenvalue weighted by Crippen LogP contribution is 2.13. The summed E-state index contributed by atoms with van der Waals surface area (Å²) in [5, 5.41) is 3.26. The van der Waals surface area contributed by atoms with Crippen LogP contribution in [0.1, 0.15) is 18.9 Å². The number of hydrogen-bond donors (Lipinski definition) is 0. The van der Waals surface area contributed by atoms with Gasteiger partial charge in [0, 0.05) is 6.42 Å². The fourth-order valence-electron chi connectivity index (χ4n) is 1.07. The van der Waals surface area contributed by atoms with Gasteiger partial charge in [-0.2, -0.15) is 8.42 Å². The number of aryl methyl sites for hydroxylation is 1. The van der Waals surface area contributed by atoms with Crippen LogP contribution < -0.4 is 0 Å². The van der Waals surface area contributed by atoms with Gasteiger partial charge in [0.1, 0.15) is 10.7 Å². The van der Waals surface area contributed by atoms with Crippen molar-refractivity contribution in [3.8, 4) is 0 Å². The predicted octanol–water partition coefficient (Wildman–Crippen LogP) is 1.67. The molecule has 1 aromatic carbocycles. The highest BCUT2D eigenvalue weighted by Gasteiger charge is 2.14. The SMILES string of the molecule is CC(=O)CC=NOS(=O)(=O)c1cccc(C)c1. The predicted molar refractivity (Wildman–Crippen MR) is 63.2 cm³/mol. The van der Waals surface area contributed by atoms with E-state index in [0.717, 1.165) is 11.8 Å². The lowest BCUT2D eigenvalue weighted by Crippen LogP contribution is -2.03. The van der Waals surface area contributed by atoms with E-state index in [2.05, 4.69) is 9.44 Å². The summed E-state index contributed by atoms with van der Waals surface area (Å²) in [7, 11) is -3.89. The van der Waals surface area contributed by atoms with E-state index in [0.29, 0.717) is 0 Å². The van der Waals surface area contributed by atoms with E-state index in [4.69, 9.17) is 0 Å². The molecule has 5 nitrogen and oxygen atoms in total. The van der Waals surface area contributed by atoms with Crippen LogP contribution in [-0.2, 0) is 19.2 Å². The molecule has 0 N–H and O–H groups in total. The molecule has 0 fully saturated rings. The third-order valence-electron chi connectivity index (χ3n) is 1.87. The maximum Gasteiger partial charge on any atom is 0.358 e. The zero-order valence-corrected chi connectivity index (χ0v) is 10.4. The molecule has 0 unspecified atom stereocenters. The molecular weight excluding hydrogens is 242 g/mol. The van der Waals surface area contributed by atoms with E-state index in [-0.39, 0.29) is 17.1 Å². The number of rotatable bonds is 5. The summed E-state index contributed by atoms with van der Waals surface area (Å²) < 4.78 is 27.6. The minimum atomic E-state index is -3.89. The Bertz CT molecular complexity index is 534. The average molecular weight is 255 g/mol. The molecule has 1 aromatic rings. The summed E-state index contributed by atoms with van der Waals surface area (Å²) in [6, 6.07) is 6.29. The molecule has 6 heteroatoms. The van der Waals surface area contributed by atoms with Crippen molar-refractivity contribution in [2.75, 3.05) is 0 Å². The summed E-state index contributed by atoms with van der Waals surface area (Å²) in [5.41, 5.74) is 0.808. The first-order chi connectivity index (χ1) is 7.92. The summed E-state index contributed by atoms with van der Waals surface area (Å²) in [6.45, 7) is 3.15. The molecule has 92 valence electrons. The maximum absolute atomic E-state index is 11.6. The molecule has 0 spiro atoms. The highest BCUT2D eigenvalue weighted by atomic mass is 32.2. The highest BCUT2D eigenvalue weighted by molar-refractivity contribution is 7.86.